The molecule has 4 nitrogen and oxygen atoms in total. The first kappa shape index (κ1) is 14.6. The van der Waals surface area contributed by atoms with Crippen LogP contribution in [0.2, 0.25) is 0 Å². The standard InChI is InChI=1S/C20H25NO3/c22-20(16-11-13-3-4-14(16)10-13)21-7-1-2-17(21)15-5-6-18-19(12-15)24-9-8-23-18/h5-6,12-14,16-17H,1-4,7-11H2. The van der Waals surface area contributed by atoms with Gasteiger partial charge in [-0.25, -0.2) is 0 Å². The summed E-state index contributed by atoms with van der Waals surface area (Å²) in [6.45, 7) is 2.13. The van der Waals surface area contributed by atoms with Crippen LogP contribution in [0.5, 0.6) is 11.5 Å². The van der Waals surface area contributed by atoms with Crippen molar-refractivity contribution in [2.45, 2.75) is 44.6 Å². The molecule has 1 saturated heterocycles. The molecule has 1 aromatic carbocycles. The number of carbonyl (C=O) groups is 1. The van der Waals surface area contributed by atoms with Gasteiger partial charge < -0.3 is 14.4 Å². The molecule has 2 heterocycles. The molecule has 0 N–H and O–H groups in total. The summed E-state index contributed by atoms with van der Waals surface area (Å²) in [5.74, 6) is 3.84. The van der Waals surface area contributed by atoms with E-state index in [1.807, 2.05) is 6.07 Å². The Kier molecular flexibility index (Phi) is 3.46. The summed E-state index contributed by atoms with van der Waals surface area (Å²) in [6, 6.07) is 6.42. The maximum absolute atomic E-state index is 13.2. The van der Waals surface area contributed by atoms with Crippen LogP contribution in [0.15, 0.2) is 18.2 Å². The highest BCUT2D eigenvalue weighted by atomic mass is 16.6. The number of hydrogen-bond acceptors (Lipinski definition) is 3. The highest BCUT2D eigenvalue weighted by Crippen LogP contribution is 2.50. The molecule has 1 amide bonds. The monoisotopic (exact) mass is 327 g/mol. The molecule has 128 valence electrons. The molecule has 4 aliphatic rings. The molecule has 24 heavy (non-hydrogen) atoms. The number of ether oxygens (including phenoxy) is 2. The Morgan fingerprint density at radius 2 is 1.92 bits per heavy atom. The first-order chi connectivity index (χ1) is 11.8. The molecule has 4 atom stereocenters. The van der Waals surface area contributed by atoms with Crippen LogP contribution in [0.3, 0.4) is 0 Å². The van der Waals surface area contributed by atoms with Gasteiger partial charge in [0.15, 0.2) is 11.5 Å². The van der Waals surface area contributed by atoms with E-state index in [0.29, 0.717) is 31.0 Å². The molecule has 2 saturated carbocycles. The third-order valence-electron chi connectivity index (χ3n) is 6.54. The number of carbonyl (C=O) groups excluding carboxylic acids is 1. The predicted octanol–water partition coefficient (Wildman–Crippen LogP) is 3.56. The van der Waals surface area contributed by atoms with E-state index in [4.69, 9.17) is 9.47 Å². The van der Waals surface area contributed by atoms with Crippen LogP contribution in [0, 0.1) is 17.8 Å². The summed E-state index contributed by atoms with van der Waals surface area (Å²) < 4.78 is 11.4. The average Bonchev–Trinajstić information content (AvgIpc) is 3.36. The number of hydrogen-bond donors (Lipinski definition) is 0. The Morgan fingerprint density at radius 1 is 1.04 bits per heavy atom. The summed E-state index contributed by atoms with van der Waals surface area (Å²) in [5, 5.41) is 0. The van der Waals surface area contributed by atoms with E-state index in [2.05, 4.69) is 17.0 Å². The highest BCUT2D eigenvalue weighted by Gasteiger charge is 2.46. The van der Waals surface area contributed by atoms with Crippen molar-refractivity contribution in [3.63, 3.8) is 0 Å². The maximum Gasteiger partial charge on any atom is 0.226 e. The highest BCUT2D eigenvalue weighted by molar-refractivity contribution is 5.80. The van der Waals surface area contributed by atoms with Crippen molar-refractivity contribution in [3.8, 4) is 11.5 Å². The molecule has 4 unspecified atom stereocenters. The molecule has 1 aromatic rings. The number of likely N-dealkylation sites (tertiary alicyclic amines) is 1. The summed E-state index contributed by atoms with van der Waals surface area (Å²) in [6.07, 6.45) is 7.20. The van der Waals surface area contributed by atoms with Gasteiger partial charge in [-0.1, -0.05) is 12.5 Å². The fraction of sp³-hybridized carbons (Fsp3) is 0.650. The zero-order valence-corrected chi connectivity index (χ0v) is 14.1. The predicted molar refractivity (Wildman–Crippen MR) is 90.1 cm³/mol. The normalized spacial score (nSPS) is 33.9. The van der Waals surface area contributed by atoms with Crippen molar-refractivity contribution in [1.82, 2.24) is 4.90 Å². The van der Waals surface area contributed by atoms with Crippen LogP contribution in [0.25, 0.3) is 0 Å². The lowest BCUT2D eigenvalue weighted by Gasteiger charge is -2.31. The molecule has 0 aromatic heterocycles. The van der Waals surface area contributed by atoms with E-state index in [-0.39, 0.29) is 6.04 Å². The van der Waals surface area contributed by atoms with Crippen LogP contribution in [-0.2, 0) is 4.79 Å². The van der Waals surface area contributed by atoms with Crippen molar-refractivity contribution >= 4 is 5.91 Å². The zero-order chi connectivity index (χ0) is 16.1. The molecular weight excluding hydrogens is 302 g/mol. The molecule has 3 fully saturated rings. The fourth-order valence-electron chi connectivity index (χ4n) is 5.40. The van der Waals surface area contributed by atoms with Gasteiger partial charge in [0.2, 0.25) is 5.91 Å². The Labute approximate surface area is 143 Å². The van der Waals surface area contributed by atoms with Gasteiger partial charge in [-0.15, -0.1) is 0 Å². The van der Waals surface area contributed by atoms with Gasteiger partial charge in [-0.3, -0.25) is 4.79 Å². The van der Waals surface area contributed by atoms with Crippen molar-refractivity contribution < 1.29 is 14.3 Å². The molecule has 0 spiro atoms. The minimum Gasteiger partial charge on any atom is -0.486 e. The Morgan fingerprint density at radius 3 is 2.71 bits per heavy atom. The quantitative estimate of drug-likeness (QED) is 0.834. The third kappa shape index (κ3) is 2.30. The number of rotatable bonds is 2. The molecular formula is C20H25NO3. The first-order valence-electron chi connectivity index (χ1n) is 9.49. The van der Waals surface area contributed by atoms with Gasteiger partial charge in [0.1, 0.15) is 13.2 Å². The molecule has 2 aliphatic carbocycles. The van der Waals surface area contributed by atoms with Gasteiger partial charge >= 0.3 is 0 Å². The second-order valence-electron chi connectivity index (χ2n) is 7.87. The third-order valence-corrected chi connectivity index (χ3v) is 6.54. The summed E-state index contributed by atoms with van der Waals surface area (Å²) in [4.78, 5) is 15.3. The summed E-state index contributed by atoms with van der Waals surface area (Å²) in [5.41, 5.74) is 1.20. The van der Waals surface area contributed by atoms with Gasteiger partial charge in [0, 0.05) is 12.5 Å². The number of fused-ring (bicyclic) bond motifs is 3. The second-order valence-corrected chi connectivity index (χ2v) is 7.87. The summed E-state index contributed by atoms with van der Waals surface area (Å²) >= 11 is 0. The van der Waals surface area contributed by atoms with Crippen molar-refractivity contribution in [2.75, 3.05) is 19.8 Å². The minimum absolute atomic E-state index is 0.215. The SMILES string of the molecule is O=C(C1CC2CCC1C2)N1CCCC1c1ccc2c(c1)OCCO2. The van der Waals surface area contributed by atoms with Crippen LogP contribution >= 0.6 is 0 Å². The first-order valence-corrected chi connectivity index (χ1v) is 9.49. The van der Waals surface area contributed by atoms with E-state index in [9.17, 15) is 4.79 Å². The van der Waals surface area contributed by atoms with E-state index < -0.39 is 0 Å². The lowest BCUT2D eigenvalue weighted by Crippen LogP contribution is -2.37. The van der Waals surface area contributed by atoms with Gasteiger partial charge in [0.05, 0.1) is 6.04 Å². The van der Waals surface area contributed by atoms with Crippen LogP contribution in [0.1, 0.15) is 50.1 Å². The molecule has 5 rings (SSSR count). The average molecular weight is 327 g/mol. The molecule has 2 bridgehead atoms. The van der Waals surface area contributed by atoms with E-state index in [1.54, 1.807) is 0 Å². The Bertz CT molecular complexity index is 658. The molecule has 0 radical (unpaired) electrons. The Balaban J connectivity index is 1.38. The van der Waals surface area contributed by atoms with Crippen LogP contribution in [-0.4, -0.2) is 30.6 Å². The number of benzene rings is 1. The zero-order valence-electron chi connectivity index (χ0n) is 14.1. The van der Waals surface area contributed by atoms with Crippen molar-refractivity contribution in [1.29, 1.82) is 0 Å². The second kappa shape index (κ2) is 5.68. The molecule has 4 heteroatoms. The number of amides is 1. The summed E-state index contributed by atoms with van der Waals surface area (Å²) in [7, 11) is 0. The topological polar surface area (TPSA) is 38.8 Å². The molecule has 2 aliphatic heterocycles. The van der Waals surface area contributed by atoms with Gasteiger partial charge in [0.25, 0.3) is 0 Å². The smallest absolute Gasteiger partial charge is 0.226 e. The lowest BCUT2D eigenvalue weighted by atomic mass is 9.87. The van der Waals surface area contributed by atoms with Crippen LogP contribution < -0.4 is 9.47 Å². The van der Waals surface area contributed by atoms with E-state index in [0.717, 1.165) is 43.2 Å². The minimum atomic E-state index is 0.215. The Hall–Kier alpha value is -1.71. The van der Waals surface area contributed by atoms with Crippen LogP contribution in [0.4, 0.5) is 0 Å². The van der Waals surface area contributed by atoms with Crippen molar-refractivity contribution in [3.05, 3.63) is 23.8 Å². The lowest BCUT2D eigenvalue weighted by molar-refractivity contribution is -0.138. The fourth-order valence-corrected chi connectivity index (χ4v) is 5.40. The van der Waals surface area contributed by atoms with E-state index in [1.165, 1.54) is 24.8 Å². The van der Waals surface area contributed by atoms with Gasteiger partial charge in [-0.2, -0.15) is 0 Å². The van der Waals surface area contributed by atoms with Crippen molar-refractivity contribution in [2.24, 2.45) is 17.8 Å². The van der Waals surface area contributed by atoms with Gasteiger partial charge in [-0.05, 0) is 61.6 Å². The van der Waals surface area contributed by atoms with E-state index >= 15 is 0 Å². The largest absolute Gasteiger partial charge is 0.486 e. The maximum atomic E-state index is 13.2. The number of nitrogens with zero attached hydrogens (tertiary/aromatic N) is 1.